The Morgan fingerprint density at radius 3 is 2.68 bits per heavy atom. The average Bonchev–Trinajstić information content (AvgIpc) is 2.61. The molecular weight excluding hydrogens is 456 g/mol. The van der Waals surface area contributed by atoms with Crippen LogP contribution in [0.25, 0.3) is 0 Å². The maximum atomic E-state index is 11.8. The van der Waals surface area contributed by atoms with Crippen molar-refractivity contribution in [1.82, 2.24) is 5.43 Å². The molecule has 0 bridgehead atoms. The number of carbonyl (C=O) groups excluding carboxylic acids is 1. The van der Waals surface area contributed by atoms with Crippen LogP contribution in [0.4, 0.5) is 0 Å². The van der Waals surface area contributed by atoms with Gasteiger partial charge in [0.15, 0.2) is 18.1 Å². The minimum atomic E-state index is -0.388. The molecule has 132 valence electrons. The molecular formula is C17H16Br2N2O4. The van der Waals surface area contributed by atoms with Gasteiger partial charge in [0, 0.05) is 10.0 Å². The maximum Gasteiger partial charge on any atom is 0.277 e. The van der Waals surface area contributed by atoms with Crippen LogP contribution in [0.3, 0.4) is 0 Å². The number of halogens is 2. The zero-order valence-corrected chi connectivity index (χ0v) is 16.7. The molecule has 0 radical (unpaired) electrons. The van der Waals surface area contributed by atoms with Crippen molar-refractivity contribution in [2.24, 2.45) is 5.10 Å². The monoisotopic (exact) mass is 470 g/mol. The molecule has 1 amide bonds. The van der Waals surface area contributed by atoms with Crippen molar-refractivity contribution in [2.75, 3.05) is 13.7 Å². The average molecular weight is 472 g/mol. The molecule has 25 heavy (non-hydrogen) atoms. The second-order valence-corrected chi connectivity index (χ2v) is 6.58. The van der Waals surface area contributed by atoms with Gasteiger partial charge < -0.3 is 14.6 Å². The Morgan fingerprint density at radius 1 is 1.28 bits per heavy atom. The van der Waals surface area contributed by atoms with Gasteiger partial charge in [0.05, 0.1) is 17.8 Å². The summed E-state index contributed by atoms with van der Waals surface area (Å²) in [7, 11) is 1.45. The summed E-state index contributed by atoms with van der Waals surface area (Å²) in [6, 6.07) is 9.02. The third kappa shape index (κ3) is 4.96. The summed E-state index contributed by atoms with van der Waals surface area (Å²) in [5.74, 6) is 0.518. The summed E-state index contributed by atoms with van der Waals surface area (Å²) >= 11 is 6.59. The minimum absolute atomic E-state index is 0.0257. The van der Waals surface area contributed by atoms with Crippen LogP contribution in [0.5, 0.6) is 17.2 Å². The Bertz CT molecular complexity index is 809. The zero-order chi connectivity index (χ0) is 18.4. The van der Waals surface area contributed by atoms with Gasteiger partial charge in [-0.2, -0.15) is 5.10 Å². The standard InChI is InChI=1S/C17H16Br2N2O4/c1-10-5-3-4-6-12(10)25-9-14(22)21-20-8-11-7-13(24-2)17(23)16(19)15(11)18/h3-8,23H,9H2,1-2H3,(H,21,22)/b20-8+. The lowest BCUT2D eigenvalue weighted by atomic mass is 10.2. The molecule has 0 aliphatic rings. The molecule has 0 fully saturated rings. The molecule has 2 aromatic rings. The number of benzene rings is 2. The number of para-hydroxylation sites is 1. The summed E-state index contributed by atoms with van der Waals surface area (Å²) in [5, 5.41) is 13.8. The number of hydrogen-bond donors (Lipinski definition) is 2. The maximum absolute atomic E-state index is 11.8. The number of nitrogens with one attached hydrogen (secondary N) is 1. The van der Waals surface area contributed by atoms with Gasteiger partial charge >= 0.3 is 0 Å². The smallest absolute Gasteiger partial charge is 0.277 e. The fourth-order valence-electron chi connectivity index (χ4n) is 1.93. The van der Waals surface area contributed by atoms with Gasteiger partial charge in [0.25, 0.3) is 5.91 Å². The molecule has 2 rings (SSSR count). The van der Waals surface area contributed by atoms with Gasteiger partial charge in [0.2, 0.25) is 0 Å². The number of phenols is 1. The van der Waals surface area contributed by atoms with Crippen molar-refractivity contribution in [3.63, 3.8) is 0 Å². The van der Waals surface area contributed by atoms with Gasteiger partial charge in [-0.05, 0) is 56.5 Å². The zero-order valence-electron chi connectivity index (χ0n) is 13.5. The summed E-state index contributed by atoms with van der Waals surface area (Å²) in [6.07, 6.45) is 1.43. The number of rotatable bonds is 6. The number of phenolic OH excluding ortho intramolecular Hbond substituents is 1. The first kappa shape index (κ1) is 19.3. The van der Waals surface area contributed by atoms with Crippen LogP contribution in [0.1, 0.15) is 11.1 Å². The van der Waals surface area contributed by atoms with Crippen molar-refractivity contribution < 1.29 is 19.4 Å². The molecule has 0 spiro atoms. The number of methoxy groups -OCH3 is 1. The normalized spacial score (nSPS) is 10.7. The Balaban J connectivity index is 1.98. The predicted molar refractivity (Wildman–Crippen MR) is 102 cm³/mol. The second kappa shape index (κ2) is 8.87. The number of carbonyl (C=O) groups is 1. The molecule has 0 aliphatic heterocycles. The van der Waals surface area contributed by atoms with E-state index in [0.29, 0.717) is 20.3 Å². The van der Waals surface area contributed by atoms with E-state index in [4.69, 9.17) is 9.47 Å². The van der Waals surface area contributed by atoms with Crippen molar-refractivity contribution in [3.05, 3.63) is 50.4 Å². The summed E-state index contributed by atoms with van der Waals surface area (Å²) in [6.45, 7) is 1.75. The van der Waals surface area contributed by atoms with Crippen LogP contribution in [-0.4, -0.2) is 30.9 Å². The molecule has 8 heteroatoms. The lowest BCUT2D eigenvalue weighted by Crippen LogP contribution is -2.24. The Labute approximate surface area is 162 Å². The largest absolute Gasteiger partial charge is 0.503 e. The highest BCUT2D eigenvalue weighted by Crippen LogP contribution is 2.41. The molecule has 0 heterocycles. The third-order valence-corrected chi connectivity index (χ3v) is 5.40. The van der Waals surface area contributed by atoms with Crippen molar-refractivity contribution >= 4 is 44.0 Å². The molecule has 2 aromatic carbocycles. The molecule has 0 unspecified atom stereocenters. The second-order valence-electron chi connectivity index (χ2n) is 4.99. The van der Waals surface area contributed by atoms with Crippen molar-refractivity contribution in [3.8, 4) is 17.2 Å². The van der Waals surface area contributed by atoms with E-state index in [1.807, 2.05) is 25.1 Å². The molecule has 6 nitrogen and oxygen atoms in total. The van der Waals surface area contributed by atoms with Gasteiger partial charge in [-0.25, -0.2) is 5.43 Å². The van der Waals surface area contributed by atoms with Gasteiger partial charge in [-0.1, -0.05) is 18.2 Å². The van der Waals surface area contributed by atoms with Crippen LogP contribution >= 0.6 is 31.9 Å². The van der Waals surface area contributed by atoms with Gasteiger partial charge in [-0.15, -0.1) is 0 Å². The van der Waals surface area contributed by atoms with E-state index in [2.05, 4.69) is 42.4 Å². The van der Waals surface area contributed by atoms with Crippen LogP contribution in [-0.2, 0) is 4.79 Å². The Hall–Kier alpha value is -2.06. The van der Waals surface area contributed by atoms with E-state index in [1.54, 1.807) is 12.1 Å². The van der Waals surface area contributed by atoms with Crippen molar-refractivity contribution in [2.45, 2.75) is 6.92 Å². The number of hydrogen-bond acceptors (Lipinski definition) is 5. The van der Waals surface area contributed by atoms with Crippen LogP contribution in [0, 0.1) is 6.92 Å². The number of amides is 1. The minimum Gasteiger partial charge on any atom is -0.503 e. The molecule has 2 N–H and O–H groups in total. The fourth-order valence-corrected chi connectivity index (χ4v) is 2.76. The van der Waals surface area contributed by atoms with Gasteiger partial charge in [-0.3, -0.25) is 4.79 Å². The highest BCUT2D eigenvalue weighted by Gasteiger charge is 2.13. The number of ether oxygens (including phenoxy) is 2. The molecule has 0 aromatic heterocycles. The van der Waals surface area contributed by atoms with E-state index in [-0.39, 0.29) is 24.0 Å². The quantitative estimate of drug-likeness (QED) is 0.496. The van der Waals surface area contributed by atoms with E-state index in [1.165, 1.54) is 13.3 Å². The predicted octanol–water partition coefficient (Wildman–Crippen LogP) is 3.76. The van der Waals surface area contributed by atoms with E-state index >= 15 is 0 Å². The summed E-state index contributed by atoms with van der Waals surface area (Å²) in [5.41, 5.74) is 3.95. The van der Waals surface area contributed by atoms with E-state index < -0.39 is 0 Å². The highest BCUT2D eigenvalue weighted by molar-refractivity contribution is 9.13. The number of aromatic hydroxyl groups is 1. The molecule has 0 atom stereocenters. The van der Waals surface area contributed by atoms with Crippen LogP contribution in [0.15, 0.2) is 44.4 Å². The number of nitrogens with zero attached hydrogens (tertiary/aromatic N) is 1. The third-order valence-electron chi connectivity index (χ3n) is 3.24. The molecule has 0 saturated heterocycles. The lowest BCUT2D eigenvalue weighted by Gasteiger charge is -2.09. The summed E-state index contributed by atoms with van der Waals surface area (Å²) < 4.78 is 11.5. The van der Waals surface area contributed by atoms with E-state index in [9.17, 15) is 9.90 Å². The Kier molecular flexibility index (Phi) is 6.83. The first-order valence-electron chi connectivity index (χ1n) is 7.19. The van der Waals surface area contributed by atoms with Crippen LogP contribution in [0.2, 0.25) is 0 Å². The Morgan fingerprint density at radius 2 is 2.00 bits per heavy atom. The lowest BCUT2D eigenvalue weighted by molar-refractivity contribution is -0.123. The molecule has 0 aliphatic carbocycles. The van der Waals surface area contributed by atoms with E-state index in [0.717, 1.165) is 5.56 Å². The number of hydrazone groups is 1. The fraction of sp³-hybridized carbons (Fsp3) is 0.176. The van der Waals surface area contributed by atoms with Crippen molar-refractivity contribution in [1.29, 1.82) is 0 Å². The molecule has 0 saturated carbocycles. The van der Waals surface area contributed by atoms with Crippen LogP contribution < -0.4 is 14.9 Å². The highest BCUT2D eigenvalue weighted by atomic mass is 79.9. The topological polar surface area (TPSA) is 80.2 Å². The first-order chi connectivity index (χ1) is 11.9. The summed E-state index contributed by atoms with van der Waals surface area (Å²) in [4.78, 5) is 11.8. The van der Waals surface area contributed by atoms with Gasteiger partial charge in [0.1, 0.15) is 5.75 Å². The first-order valence-corrected chi connectivity index (χ1v) is 8.78. The SMILES string of the molecule is COc1cc(/C=N/NC(=O)COc2ccccc2C)c(Br)c(Br)c1O. The number of aryl methyl sites for hydroxylation is 1.